The quantitative estimate of drug-likeness (QED) is 0.789. The van der Waals surface area contributed by atoms with Crippen molar-refractivity contribution in [1.29, 1.82) is 0 Å². The van der Waals surface area contributed by atoms with Crippen LogP contribution in [0.25, 0.3) is 0 Å². The molecule has 112 valence electrons. The zero-order valence-corrected chi connectivity index (χ0v) is 13.2. The van der Waals surface area contributed by atoms with Crippen molar-refractivity contribution >= 4 is 0 Å². The van der Waals surface area contributed by atoms with Gasteiger partial charge in [-0.25, -0.2) is 0 Å². The largest absolute Gasteiger partial charge is 0.314 e. The highest BCUT2D eigenvalue weighted by Crippen LogP contribution is 2.30. The van der Waals surface area contributed by atoms with Gasteiger partial charge in [0.15, 0.2) is 0 Å². The molecule has 1 saturated carbocycles. The summed E-state index contributed by atoms with van der Waals surface area (Å²) in [5.41, 5.74) is 0. The summed E-state index contributed by atoms with van der Waals surface area (Å²) in [6.45, 7) is 9.89. The van der Waals surface area contributed by atoms with Gasteiger partial charge in [0.25, 0.3) is 0 Å². The fraction of sp³-hybridized carbons (Fsp3) is 1.00. The molecule has 1 aliphatic carbocycles. The number of nitrogens with one attached hydrogen (secondary N) is 1. The fourth-order valence-corrected chi connectivity index (χ4v) is 3.79. The van der Waals surface area contributed by atoms with E-state index in [4.69, 9.17) is 0 Å². The van der Waals surface area contributed by atoms with Crippen molar-refractivity contribution in [1.82, 2.24) is 10.2 Å². The van der Waals surface area contributed by atoms with Gasteiger partial charge in [-0.2, -0.15) is 0 Å². The molecule has 19 heavy (non-hydrogen) atoms. The number of hydrogen-bond donors (Lipinski definition) is 1. The third kappa shape index (κ3) is 5.43. The molecule has 1 heterocycles. The maximum Gasteiger partial charge on any atom is 0.00914 e. The molecule has 0 aromatic carbocycles. The molecule has 0 radical (unpaired) electrons. The number of likely N-dealkylation sites (tertiary alicyclic amines) is 1. The zero-order valence-electron chi connectivity index (χ0n) is 13.2. The Balaban J connectivity index is 1.52. The molecule has 0 aromatic heterocycles. The van der Waals surface area contributed by atoms with Crippen molar-refractivity contribution in [2.24, 2.45) is 11.8 Å². The molecule has 2 heteroatoms. The van der Waals surface area contributed by atoms with E-state index in [2.05, 4.69) is 24.1 Å². The predicted octanol–water partition coefficient (Wildman–Crippen LogP) is 3.67. The van der Waals surface area contributed by atoms with Crippen LogP contribution in [0, 0.1) is 11.8 Å². The van der Waals surface area contributed by atoms with Crippen molar-refractivity contribution in [3.63, 3.8) is 0 Å². The summed E-state index contributed by atoms with van der Waals surface area (Å²) in [6.07, 6.45) is 11.4. The van der Waals surface area contributed by atoms with E-state index >= 15 is 0 Å². The van der Waals surface area contributed by atoms with Crippen LogP contribution in [0.1, 0.15) is 65.2 Å². The van der Waals surface area contributed by atoms with Gasteiger partial charge in [-0.1, -0.05) is 39.5 Å². The smallest absolute Gasteiger partial charge is 0.00914 e. The molecule has 1 aliphatic heterocycles. The fourth-order valence-electron chi connectivity index (χ4n) is 3.79. The molecule has 1 N–H and O–H groups in total. The average molecular weight is 266 g/mol. The number of rotatable bonds is 6. The Bertz CT molecular complexity index is 225. The topological polar surface area (TPSA) is 15.3 Å². The van der Waals surface area contributed by atoms with Gasteiger partial charge in [-0.05, 0) is 63.7 Å². The Morgan fingerprint density at radius 3 is 2.32 bits per heavy atom. The Morgan fingerprint density at radius 1 is 1.00 bits per heavy atom. The van der Waals surface area contributed by atoms with Gasteiger partial charge >= 0.3 is 0 Å². The van der Waals surface area contributed by atoms with Gasteiger partial charge < -0.3 is 10.2 Å². The van der Waals surface area contributed by atoms with E-state index in [1.807, 2.05) is 0 Å². The van der Waals surface area contributed by atoms with Crippen LogP contribution < -0.4 is 5.32 Å². The van der Waals surface area contributed by atoms with E-state index in [9.17, 15) is 0 Å². The zero-order chi connectivity index (χ0) is 13.5. The van der Waals surface area contributed by atoms with Crippen molar-refractivity contribution in [2.45, 2.75) is 71.3 Å². The molecule has 0 amide bonds. The van der Waals surface area contributed by atoms with Crippen molar-refractivity contribution in [3.8, 4) is 0 Å². The second-order valence-electron chi connectivity index (χ2n) is 6.98. The minimum absolute atomic E-state index is 0.802. The molecule has 0 aromatic rings. The first-order valence-electron chi connectivity index (χ1n) is 8.73. The van der Waals surface area contributed by atoms with Crippen LogP contribution in [0.15, 0.2) is 0 Å². The summed E-state index contributed by atoms with van der Waals surface area (Å²) in [5.74, 6) is 2.01. The minimum atomic E-state index is 0.802. The van der Waals surface area contributed by atoms with Crippen LogP contribution in [-0.2, 0) is 0 Å². The second kappa shape index (κ2) is 8.26. The maximum absolute atomic E-state index is 3.82. The highest BCUT2D eigenvalue weighted by Gasteiger charge is 2.20. The SMILES string of the molecule is CCCN1CCC(NCCC2CCC(C)CC2)CC1. The first kappa shape index (κ1) is 15.3. The van der Waals surface area contributed by atoms with Gasteiger partial charge in [0, 0.05) is 6.04 Å². The van der Waals surface area contributed by atoms with E-state index in [1.165, 1.54) is 77.5 Å². The molecule has 1 saturated heterocycles. The second-order valence-corrected chi connectivity index (χ2v) is 6.98. The van der Waals surface area contributed by atoms with Gasteiger partial charge in [0.2, 0.25) is 0 Å². The van der Waals surface area contributed by atoms with E-state index in [0.29, 0.717) is 0 Å². The number of hydrogen-bond acceptors (Lipinski definition) is 2. The first-order chi connectivity index (χ1) is 9.28. The monoisotopic (exact) mass is 266 g/mol. The molecule has 0 spiro atoms. The van der Waals surface area contributed by atoms with E-state index in [-0.39, 0.29) is 0 Å². The van der Waals surface area contributed by atoms with Crippen molar-refractivity contribution < 1.29 is 0 Å². The Hall–Kier alpha value is -0.0800. The Labute approximate surface area is 120 Å². The van der Waals surface area contributed by atoms with E-state index in [0.717, 1.165) is 17.9 Å². The summed E-state index contributed by atoms with van der Waals surface area (Å²) < 4.78 is 0. The van der Waals surface area contributed by atoms with Crippen LogP contribution in [0.5, 0.6) is 0 Å². The molecule has 0 unspecified atom stereocenters. The Morgan fingerprint density at radius 2 is 1.68 bits per heavy atom. The minimum Gasteiger partial charge on any atom is -0.314 e. The lowest BCUT2D eigenvalue weighted by atomic mass is 9.81. The normalized spacial score (nSPS) is 30.6. The van der Waals surface area contributed by atoms with Crippen LogP contribution in [0.3, 0.4) is 0 Å². The molecular weight excluding hydrogens is 232 g/mol. The highest BCUT2D eigenvalue weighted by molar-refractivity contribution is 4.78. The molecule has 2 fully saturated rings. The summed E-state index contributed by atoms with van der Waals surface area (Å²) >= 11 is 0. The van der Waals surface area contributed by atoms with Gasteiger partial charge in [0.05, 0.1) is 0 Å². The molecule has 2 aliphatic rings. The third-order valence-corrected chi connectivity index (χ3v) is 5.25. The Kier molecular flexibility index (Phi) is 6.66. The van der Waals surface area contributed by atoms with Crippen LogP contribution in [0.2, 0.25) is 0 Å². The van der Waals surface area contributed by atoms with Crippen LogP contribution in [-0.4, -0.2) is 37.1 Å². The first-order valence-corrected chi connectivity index (χ1v) is 8.73. The predicted molar refractivity (Wildman–Crippen MR) is 83.5 cm³/mol. The van der Waals surface area contributed by atoms with Crippen molar-refractivity contribution in [3.05, 3.63) is 0 Å². The maximum atomic E-state index is 3.82. The van der Waals surface area contributed by atoms with Crippen LogP contribution >= 0.6 is 0 Å². The highest BCUT2D eigenvalue weighted by atomic mass is 15.1. The summed E-state index contributed by atoms with van der Waals surface area (Å²) in [4.78, 5) is 2.63. The average Bonchev–Trinajstić information content (AvgIpc) is 2.43. The molecule has 2 nitrogen and oxygen atoms in total. The number of piperidine rings is 1. The standard InChI is InChI=1S/C17H34N2/c1-3-12-19-13-9-17(10-14-19)18-11-8-16-6-4-15(2)5-7-16/h15-18H,3-14H2,1-2H3. The summed E-state index contributed by atoms with van der Waals surface area (Å²) in [5, 5.41) is 3.82. The third-order valence-electron chi connectivity index (χ3n) is 5.25. The summed E-state index contributed by atoms with van der Waals surface area (Å²) in [6, 6.07) is 0.802. The van der Waals surface area contributed by atoms with Gasteiger partial charge in [0.1, 0.15) is 0 Å². The molecule has 0 atom stereocenters. The van der Waals surface area contributed by atoms with E-state index < -0.39 is 0 Å². The molecule has 2 rings (SSSR count). The lowest BCUT2D eigenvalue weighted by Gasteiger charge is -2.33. The summed E-state index contributed by atoms with van der Waals surface area (Å²) in [7, 11) is 0. The van der Waals surface area contributed by atoms with Crippen LogP contribution in [0.4, 0.5) is 0 Å². The lowest BCUT2D eigenvalue weighted by Crippen LogP contribution is -2.43. The van der Waals surface area contributed by atoms with Gasteiger partial charge in [-0.15, -0.1) is 0 Å². The molecule has 0 bridgehead atoms. The van der Waals surface area contributed by atoms with Crippen molar-refractivity contribution in [2.75, 3.05) is 26.2 Å². The van der Waals surface area contributed by atoms with Gasteiger partial charge in [-0.3, -0.25) is 0 Å². The number of nitrogens with zero attached hydrogens (tertiary/aromatic N) is 1. The lowest BCUT2D eigenvalue weighted by molar-refractivity contribution is 0.194. The molecular formula is C17H34N2. The van der Waals surface area contributed by atoms with E-state index in [1.54, 1.807) is 0 Å².